The van der Waals surface area contributed by atoms with Crippen LogP contribution in [0.5, 0.6) is 0 Å². The number of nitrogens with one attached hydrogen (secondary N) is 3. The third-order valence-corrected chi connectivity index (χ3v) is 5.46. The van der Waals surface area contributed by atoms with E-state index in [2.05, 4.69) is 20.1 Å². The van der Waals surface area contributed by atoms with E-state index in [1.54, 1.807) is 19.9 Å². The molecule has 0 saturated carbocycles. The van der Waals surface area contributed by atoms with Crippen molar-refractivity contribution < 1.29 is 22.7 Å². The second-order valence-electron chi connectivity index (χ2n) is 6.28. The monoisotopic (exact) mass is 435 g/mol. The first-order chi connectivity index (χ1) is 13.6. The van der Waals surface area contributed by atoms with Crippen LogP contribution in [0.25, 0.3) is 0 Å². The fourth-order valence-electron chi connectivity index (χ4n) is 2.34. The van der Waals surface area contributed by atoms with Gasteiger partial charge in [0.25, 0.3) is 5.91 Å². The number of anilines is 1. The third-order valence-electron chi connectivity index (χ3n) is 3.59. The molecule has 0 aromatic heterocycles. The van der Waals surface area contributed by atoms with Gasteiger partial charge in [0.15, 0.2) is 5.11 Å². The van der Waals surface area contributed by atoms with Crippen LogP contribution in [0.15, 0.2) is 53.4 Å². The highest BCUT2D eigenvalue weighted by Crippen LogP contribution is 2.14. The quantitative estimate of drug-likeness (QED) is 0.471. The largest absolute Gasteiger partial charge is 0.465 e. The van der Waals surface area contributed by atoms with E-state index in [0.717, 1.165) is 0 Å². The third kappa shape index (κ3) is 6.34. The van der Waals surface area contributed by atoms with E-state index >= 15 is 0 Å². The molecular weight excluding hydrogens is 414 g/mol. The summed E-state index contributed by atoms with van der Waals surface area (Å²) in [7, 11) is -2.34. The van der Waals surface area contributed by atoms with Crippen LogP contribution in [-0.4, -0.2) is 38.6 Å². The molecule has 3 N–H and O–H groups in total. The molecule has 10 heteroatoms. The van der Waals surface area contributed by atoms with Crippen molar-refractivity contribution in [3.05, 3.63) is 59.7 Å². The Hall–Kier alpha value is -2.82. The summed E-state index contributed by atoms with van der Waals surface area (Å²) in [6.07, 6.45) is 0. The van der Waals surface area contributed by atoms with Gasteiger partial charge in [-0.2, -0.15) is 0 Å². The molecule has 0 aliphatic heterocycles. The fraction of sp³-hybridized carbons (Fsp3) is 0.211. The van der Waals surface area contributed by atoms with E-state index < -0.39 is 21.9 Å². The average Bonchev–Trinajstić information content (AvgIpc) is 2.66. The summed E-state index contributed by atoms with van der Waals surface area (Å²) in [5, 5.41) is 5.32. The molecule has 0 unspecified atom stereocenters. The van der Waals surface area contributed by atoms with Gasteiger partial charge in [0, 0.05) is 17.3 Å². The van der Waals surface area contributed by atoms with Crippen LogP contribution in [0.1, 0.15) is 34.6 Å². The van der Waals surface area contributed by atoms with Crippen LogP contribution in [-0.2, 0) is 14.8 Å². The van der Waals surface area contributed by atoms with E-state index in [1.165, 1.54) is 49.6 Å². The van der Waals surface area contributed by atoms with Crippen molar-refractivity contribution in [2.24, 2.45) is 0 Å². The summed E-state index contributed by atoms with van der Waals surface area (Å²) < 4.78 is 31.4. The highest BCUT2D eigenvalue weighted by Gasteiger charge is 2.15. The highest BCUT2D eigenvalue weighted by molar-refractivity contribution is 7.89. The van der Waals surface area contributed by atoms with E-state index in [9.17, 15) is 18.0 Å². The van der Waals surface area contributed by atoms with Gasteiger partial charge in [-0.05, 0) is 68.5 Å². The first kappa shape index (κ1) is 22.5. The number of amides is 1. The van der Waals surface area contributed by atoms with Gasteiger partial charge in [-0.3, -0.25) is 10.1 Å². The molecule has 0 aliphatic rings. The molecule has 2 rings (SSSR count). The standard InChI is InChI=1S/C19H21N3O5S2/c1-12(2)22-29(25,26)16-9-7-15(8-10-16)20-19(28)21-17(23)13-5-4-6-14(11-13)18(24)27-3/h4-12,22H,1-3H3,(H2,20,21,23,28). The number of hydrogen-bond donors (Lipinski definition) is 3. The molecule has 8 nitrogen and oxygen atoms in total. The van der Waals surface area contributed by atoms with Crippen LogP contribution in [0.2, 0.25) is 0 Å². The molecule has 154 valence electrons. The molecule has 2 aromatic carbocycles. The molecule has 1 amide bonds. The second kappa shape index (κ2) is 9.59. The van der Waals surface area contributed by atoms with Crippen molar-refractivity contribution in [1.82, 2.24) is 10.0 Å². The molecular formula is C19H21N3O5S2. The smallest absolute Gasteiger partial charge is 0.337 e. The molecule has 0 radical (unpaired) electrons. The maximum atomic E-state index is 12.3. The Kier molecular flexibility index (Phi) is 7.43. The zero-order chi connectivity index (χ0) is 21.6. The Bertz CT molecular complexity index is 1020. The number of carbonyl (C=O) groups excluding carboxylic acids is 2. The Morgan fingerprint density at radius 3 is 2.24 bits per heavy atom. The highest BCUT2D eigenvalue weighted by atomic mass is 32.2. The maximum absolute atomic E-state index is 12.3. The van der Waals surface area contributed by atoms with Gasteiger partial charge < -0.3 is 10.1 Å². The zero-order valence-electron chi connectivity index (χ0n) is 16.1. The van der Waals surface area contributed by atoms with Gasteiger partial charge >= 0.3 is 5.97 Å². The number of sulfonamides is 1. The van der Waals surface area contributed by atoms with Gasteiger partial charge in [-0.15, -0.1) is 0 Å². The average molecular weight is 436 g/mol. The number of carbonyl (C=O) groups is 2. The first-order valence-corrected chi connectivity index (χ1v) is 10.4. The van der Waals surface area contributed by atoms with Crippen molar-refractivity contribution in [3.63, 3.8) is 0 Å². The summed E-state index contributed by atoms with van der Waals surface area (Å²) in [6, 6.07) is 11.7. The molecule has 0 heterocycles. The van der Waals surface area contributed by atoms with E-state index in [-0.39, 0.29) is 27.2 Å². The normalized spacial score (nSPS) is 11.0. The van der Waals surface area contributed by atoms with E-state index in [4.69, 9.17) is 12.2 Å². The van der Waals surface area contributed by atoms with Crippen molar-refractivity contribution in [2.45, 2.75) is 24.8 Å². The summed E-state index contributed by atoms with van der Waals surface area (Å²) >= 11 is 5.12. The minimum Gasteiger partial charge on any atom is -0.465 e. The van der Waals surface area contributed by atoms with Crippen LogP contribution < -0.4 is 15.4 Å². The number of benzene rings is 2. The minimum absolute atomic E-state index is 0.0226. The number of ether oxygens (including phenoxy) is 1. The van der Waals surface area contributed by atoms with Crippen LogP contribution in [0.4, 0.5) is 5.69 Å². The predicted molar refractivity (Wildman–Crippen MR) is 113 cm³/mol. The zero-order valence-corrected chi connectivity index (χ0v) is 17.7. The Morgan fingerprint density at radius 1 is 1.03 bits per heavy atom. The van der Waals surface area contributed by atoms with Crippen molar-refractivity contribution in [1.29, 1.82) is 0 Å². The molecule has 0 aliphatic carbocycles. The number of thiocarbonyl (C=S) groups is 1. The summed E-state index contributed by atoms with van der Waals surface area (Å²) in [5.41, 5.74) is 0.978. The van der Waals surface area contributed by atoms with Gasteiger partial charge in [0.1, 0.15) is 0 Å². The molecule has 0 spiro atoms. The topological polar surface area (TPSA) is 114 Å². The van der Waals surface area contributed by atoms with Crippen molar-refractivity contribution >= 4 is 44.9 Å². The van der Waals surface area contributed by atoms with Crippen LogP contribution in [0.3, 0.4) is 0 Å². The van der Waals surface area contributed by atoms with Gasteiger partial charge in [0.2, 0.25) is 10.0 Å². The molecule has 2 aromatic rings. The Morgan fingerprint density at radius 2 is 1.66 bits per heavy atom. The first-order valence-electron chi connectivity index (χ1n) is 8.55. The molecule has 0 fully saturated rings. The van der Waals surface area contributed by atoms with Gasteiger partial charge in [-0.1, -0.05) is 6.07 Å². The van der Waals surface area contributed by atoms with Crippen LogP contribution in [0, 0.1) is 0 Å². The summed E-state index contributed by atoms with van der Waals surface area (Å²) in [4.78, 5) is 24.0. The summed E-state index contributed by atoms with van der Waals surface area (Å²) in [6.45, 7) is 3.46. The second-order valence-corrected chi connectivity index (χ2v) is 8.40. The number of hydrogen-bond acceptors (Lipinski definition) is 6. The Balaban J connectivity index is 2.02. The van der Waals surface area contributed by atoms with Crippen LogP contribution >= 0.6 is 12.2 Å². The lowest BCUT2D eigenvalue weighted by Gasteiger charge is -2.12. The van der Waals surface area contributed by atoms with Crippen molar-refractivity contribution in [3.8, 4) is 0 Å². The minimum atomic E-state index is -3.59. The lowest BCUT2D eigenvalue weighted by atomic mass is 10.1. The van der Waals surface area contributed by atoms with Crippen molar-refractivity contribution in [2.75, 3.05) is 12.4 Å². The SMILES string of the molecule is COC(=O)c1cccc(C(=O)NC(=S)Nc2ccc(S(=O)(=O)NC(C)C)cc2)c1. The Labute approximate surface area is 174 Å². The predicted octanol–water partition coefficient (Wildman–Crippen LogP) is 2.29. The maximum Gasteiger partial charge on any atom is 0.337 e. The number of methoxy groups -OCH3 is 1. The fourth-order valence-corrected chi connectivity index (χ4v) is 3.80. The molecule has 0 saturated heterocycles. The van der Waals surface area contributed by atoms with Gasteiger partial charge in [0.05, 0.1) is 17.6 Å². The molecule has 29 heavy (non-hydrogen) atoms. The molecule has 0 atom stereocenters. The number of rotatable bonds is 6. The lowest BCUT2D eigenvalue weighted by molar-refractivity contribution is 0.0600. The number of esters is 1. The summed E-state index contributed by atoms with van der Waals surface area (Å²) in [5.74, 6) is -1.06. The lowest BCUT2D eigenvalue weighted by Crippen LogP contribution is -2.34. The van der Waals surface area contributed by atoms with E-state index in [0.29, 0.717) is 5.69 Å². The van der Waals surface area contributed by atoms with Gasteiger partial charge in [-0.25, -0.2) is 17.9 Å². The van der Waals surface area contributed by atoms with E-state index in [1.807, 2.05) is 0 Å². The molecule has 0 bridgehead atoms.